The van der Waals surface area contributed by atoms with Crippen LogP contribution in [-0.2, 0) is 4.74 Å². The molecule has 0 radical (unpaired) electrons. The molecule has 1 atom stereocenters. The van der Waals surface area contributed by atoms with E-state index in [2.05, 4.69) is 15.0 Å². The third-order valence-corrected chi connectivity index (χ3v) is 3.38. The molecular formula is C15H20F3N3O2. The molecule has 1 aromatic rings. The molecule has 8 heteroatoms. The number of nitrogens with one attached hydrogen (secondary N) is 1. The topological polar surface area (TPSA) is 68.9 Å². The Balaban J connectivity index is 1.88. The summed E-state index contributed by atoms with van der Waals surface area (Å²) in [5, 5.41) is 2.63. The number of nitrogens with two attached hydrogens (primary N) is 1. The second kappa shape index (κ2) is 8.05. The Kier molecular flexibility index (Phi) is 6.09. The van der Waals surface area contributed by atoms with Gasteiger partial charge in [0.05, 0.1) is 11.8 Å². The predicted molar refractivity (Wildman–Crippen MR) is 81.4 cm³/mol. The second-order valence-electron chi connectivity index (χ2n) is 5.21. The summed E-state index contributed by atoms with van der Waals surface area (Å²) >= 11 is 0. The van der Waals surface area contributed by atoms with Crippen molar-refractivity contribution < 1.29 is 22.6 Å². The number of hydrogen-bond acceptors (Lipinski definition) is 3. The molecule has 0 amide bonds. The van der Waals surface area contributed by atoms with Crippen molar-refractivity contribution in [3.8, 4) is 5.75 Å². The lowest BCUT2D eigenvalue weighted by atomic mass is 10.1. The molecule has 23 heavy (non-hydrogen) atoms. The molecule has 0 saturated carbocycles. The van der Waals surface area contributed by atoms with Crippen molar-refractivity contribution in [3.63, 3.8) is 0 Å². The lowest BCUT2D eigenvalue weighted by Crippen LogP contribution is -2.25. The molecule has 1 aliphatic heterocycles. The molecule has 0 aromatic heterocycles. The van der Waals surface area contributed by atoms with Crippen LogP contribution in [0.25, 0.3) is 0 Å². The number of guanidine groups is 1. The Morgan fingerprint density at radius 3 is 2.83 bits per heavy atom. The van der Waals surface area contributed by atoms with Crippen molar-refractivity contribution in [2.45, 2.75) is 38.1 Å². The molecule has 2 rings (SSSR count). The van der Waals surface area contributed by atoms with E-state index in [0.717, 1.165) is 32.3 Å². The fourth-order valence-electron chi connectivity index (χ4n) is 2.33. The second-order valence-corrected chi connectivity index (χ2v) is 5.21. The Morgan fingerprint density at radius 1 is 1.35 bits per heavy atom. The van der Waals surface area contributed by atoms with Crippen LogP contribution in [0, 0.1) is 0 Å². The van der Waals surface area contributed by atoms with E-state index in [0.29, 0.717) is 6.54 Å². The summed E-state index contributed by atoms with van der Waals surface area (Å²) in [5.74, 6) is -0.312. The van der Waals surface area contributed by atoms with Gasteiger partial charge in [0.15, 0.2) is 11.7 Å². The van der Waals surface area contributed by atoms with Crippen molar-refractivity contribution in [1.29, 1.82) is 0 Å². The van der Waals surface area contributed by atoms with Crippen LogP contribution in [0.1, 0.15) is 25.7 Å². The van der Waals surface area contributed by atoms with Crippen molar-refractivity contribution >= 4 is 11.6 Å². The molecule has 3 N–H and O–H groups in total. The first-order chi connectivity index (χ1) is 10.9. The summed E-state index contributed by atoms with van der Waals surface area (Å²) in [6.45, 7) is 1.22. The van der Waals surface area contributed by atoms with Crippen LogP contribution in [0.3, 0.4) is 0 Å². The average Bonchev–Trinajstić information content (AvgIpc) is 2.49. The normalized spacial score (nSPS) is 19.4. The van der Waals surface area contributed by atoms with Gasteiger partial charge in [-0.05, 0) is 37.8 Å². The number of hydrogen-bond donors (Lipinski definition) is 2. The highest BCUT2D eigenvalue weighted by Crippen LogP contribution is 2.29. The number of benzene rings is 1. The Bertz CT molecular complexity index is 529. The van der Waals surface area contributed by atoms with E-state index in [9.17, 15) is 13.2 Å². The van der Waals surface area contributed by atoms with Gasteiger partial charge in [-0.1, -0.05) is 12.1 Å². The molecule has 1 aromatic carbocycles. The first-order valence-corrected chi connectivity index (χ1v) is 7.47. The zero-order chi connectivity index (χ0) is 16.7. The summed E-state index contributed by atoms with van der Waals surface area (Å²) in [6, 6.07) is 5.67. The van der Waals surface area contributed by atoms with Gasteiger partial charge in [-0.25, -0.2) is 0 Å². The highest BCUT2D eigenvalue weighted by molar-refractivity contribution is 5.93. The summed E-state index contributed by atoms with van der Waals surface area (Å²) < 4.78 is 46.5. The number of ether oxygens (including phenoxy) is 2. The van der Waals surface area contributed by atoms with Crippen LogP contribution in [-0.4, -0.2) is 31.6 Å². The van der Waals surface area contributed by atoms with Gasteiger partial charge in [-0.15, -0.1) is 13.2 Å². The quantitative estimate of drug-likeness (QED) is 0.642. The number of halogens is 3. The Labute approximate surface area is 132 Å². The minimum Gasteiger partial charge on any atom is -0.404 e. The predicted octanol–water partition coefficient (Wildman–Crippen LogP) is 3.27. The van der Waals surface area contributed by atoms with Gasteiger partial charge in [-0.2, -0.15) is 0 Å². The van der Waals surface area contributed by atoms with Crippen LogP contribution < -0.4 is 15.8 Å². The Morgan fingerprint density at radius 2 is 2.13 bits per heavy atom. The number of rotatable bonds is 5. The molecule has 128 valence electrons. The van der Waals surface area contributed by atoms with E-state index in [1.54, 1.807) is 6.07 Å². The van der Waals surface area contributed by atoms with Crippen LogP contribution in [0.15, 0.2) is 29.3 Å². The molecule has 1 heterocycles. The van der Waals surface area contributed by atoms with Gasteiger partial charge in [0.1, 0.15) is 0 Å². The lowest BCUT2D eigenvalue weighted by molar-refractivity contribution is -0.274. The van der Waals surface area contributed by atoms with Crippen molar-refractivity contribution in [2.75, 3.05) is 18.5 Å². The molecule has 5 nitrogen and oxygen atoms in total. The molecular weight excluding hydrogens is 311 g/mol. The summed E-state index contributed by atoms with van der Waals surface area (Å²) in [4.78, 5) is 4.12. The van der Waals surface area contributed by atoms with Gasteiger partial charge < -0.3 is 20.5 Å². The lowest BCUT2D eigenvalue weighted by Gasteiger charge is -2.21. The number of para-hydroxylation sites is 2. The number of anilines is 1. The first kappa shape index (κ1) is 17.4. The van der Waals surface area contributed by atoms with Crippen LogP contribution in [0.4, 0.5) is 18.9 Å². The van der Waals surface area contributed by atoms with Crippen LogP contribution >= 0.6 is 0 Å². The highest BCUT2D eigenvalue weighted by Gasteiger charge is 2.32. The summed E-state index contributed by atoms with van der Waals surface area (Å²) in [5.41, 5.74) is 5.83. The molecule has 1 fully saturated rings. The molecule has 1 saturated heterocycles. The maximum atomic E-state index is 12.3. The van der Waals surface area contributed by atoms with Gasteiger partial charge in [0.2, 0.25) is 0 Å². The van der Waals surface area contributed by atoms with E-state index >= 15 is 0 Å². The fraction of sp³-hybridized carbons (Fsp3) is 0.533. The molecule has 0 bridgehead atoms. The monoisotopic (exact) mass is 331 g/mol. The number of alkyl halides is 3. The molecule has 0 spiro atoms. The van der Waals surface area contributed by atoms with Gasteiger partial charge in [0, 0.05) is 13.2 Å². The van der Waals surface area contributed by atoms with Crippen LogP contribution in [0.5, 0.6) is 5.75 Å². The molecule has 0 aliphatic carbocycles. The fourth-order valence-corrected chi connectivity index (χ4v) is 2.33. The van der Waals surface area contributed by atoms with Crippen molar-refractivity contribution in [3.05, 3.63) is 24.3 Å². The van der Waals surface area contributed by atoms with E-state index in [4.69, 9.17) is 10.5 Å². The minimum atomic E-state index is -4.76. The van der Waals surface area contributed by atoms with E-state index < -0.39 is 6.36 Å². The Hall–Kier alpha value is -1.96. The van der Waals surface area contributed by atoms with Gasteiger partial charge in [-0.3, -0.25) is 4.99 Å². The van der Waals surface area contributed by atoms with Crippen LogP contribution in [0.2, 0.25) is 0 Å². The van der Waals surface area contributed by atoms with E-state index in [1.807, 2.05) is 0 Å². The minimum absolute atomic E-state index is 0.0408. The summed E-state index contributed by atoms with van der Waals surface area (Å²) in [7, 11) is 0. The zero-order valence-corrected chi connectivity index (χ0v) is 12.6. The maximum absolute atomic E-state index is 12.3. The largest absolute Gasteiger partial charge is 0.573 e. The average molecular weight is 331 g/mol. The number of nitrogens with zero attached hydrogens (tertiary/aromatic N) is 1. The SMILES string of the molecule is NC(=NCCC1CCCCO1)Nc1ccccc1OC(F)(F)F. The third-order valence-electron chi connectivity index (χ3n) is 3.38. The molecule has 1 aliphatic rings. The van der Waals surface area contributed by atoms with Gasteiger partial charge in [0.25, 0.3) is 0 Å². The zero-order valence-electron chi connectivity index (χ0n) is 12.6. The van der Waals surface area contributed by atoms with E-state index in [-0.39, 0.29) is 23.5 Å². The standard InChI is InChI=1S/C15H20F3N3O2/c16-15(17,18)23-13-7-2-1-6-12(13)21-14(19)20-9-8-11-5-3-4-10-22-11/h1-2,6-7,11H,3-5,8-10H2,(H3,19,20,21). The molecule has 1 unspecified atom stereocenters. The van der Waals surface area contributed by atoms with Crippen molar-refractivity contribution in [2.24, 2.45) is 10.7 Å². The highest BCUT2D eigenvalue weighted by atomic mass is 19.4. The number of aliphatic imine (C=N–C) groups is 1. The maximum Gasteiger partial charge on any atom is 0.573 e. The first-order valence-electron chi connectivity index (χ1n) is 7.47. The van der Waals surface area contributed by atoms with Gasteiger partial charge >= 0.3 is 6.36 Å². The smallest absolute Gasteiger partial charge is 0.404 e. The van der Waals surface area contributed by atoms with E-state index in [1.165, 1.54) is 18.2 Å². The summed E-state index contributed by atoms with van der Waals surface area (Å²) in [6.07, 6.45) is -0.610. The third kappa shape index (κ3) is 6.35. The van der Waals surface area contributed by atoms with Crippen molar-refractivity contribution in [1.82, 2.24) is 0 Å².